The molecule has 2 aliphatic rings. The highest BCUT2D eigenvalue weighted by Gasteiger charge is 2.35. The summed E-state index contributed by atoms with van der Waals surface area (Å²) in [6.07, 6.45) is 7.74. The molecule has 4 nitrogen and oxygen atoms in total. The van der Waals surface area contributed by atoms with E-state index in [1.54, 1.807) is 0 Å². The number of aliphatic carboxylic acids is 1. The average molecular weight is 299 g/mol. The molecule has 3 atom stereocenters. The Labute approximate surface area is 130 Å². The maximum absolute atomic E-state index is 12.6. The van der Waals surface area contributed by atoms with Gasteiger partial charge in [0.25, 0.3) is 0 Å². The number of aryl methyl sites for hydroxylation is 1. The molecule has 22 heavy (non-hydrogen) atoms. The van der Waals surface area contributed by atoms with E-state index in [-0.39, 0.29) is 11.9 Å². The smallest absolute Gasteiger partial charge is 0.307 e. The Morgan fingerprint density at radius 1 is 1.09 bits per heavy atom. The van der Waals surface area contributed by atoms with E-state index >= 15 is 0 Å². The van der Waals surface area contributed by atoms with Gasteiger partial charge in [0.2, 0.25) is 5.91 Å². The largest absolute Gasteiger partial charge is 0.481 e. The van der Waals surface area contributed by atoms with Crippen molar-refractivity contribution < 1.29 is 14.7 Å². The summed E-state index contributed by atoms with van der Waals surface area (Å²) in [5.74, 6) is -2.08. The van der Waals surface area contributed by atoms with Crippen LogP contribution in [0.5, 0.6) is 0 Å². The predicted molar refractivity (Wildman–Crippen MR) is 83.3 cm³/mol. The Bertz CT molecular complexity index is 608. The summed E-state index contributed by atoms with van der Waals surface area (Å²) in [4.78, 5) is 23.9. The lowest BCUT2D eigenvalue weighted by atomic mass is 9.81. The SMILES string of the molecule is O=C(O)[C@H]1CC=CC[C@H]1C(=O)N[C@H]1CCCc2ccccc21. The molecule has 0 aromatic heterocycles. The van der Waals surface area contributed by atoms with Crippen LogP contribution in [0, 0.1) is 11.8 Å². The maximum atomic E-state index is 12.6. The third-order valence-electron chi connectivity index (χ3n) is 4.77. The number of fused-ring (bicyclic) bond motifs is 1. The van der Waals surface area contributed by atoms with Crippen LogP contribution in [-0.2, 0) is 16.0 Å². The minimum absolute atomic E-state index is 0.0119. The molecule has 1 aromatic rings. The summed E-state index contributed by atoms with van der Waals surface area (Å²) in [5, 5.41) is 12.4. The Kier molecular flexibility index (Phi) is 4.27. The number of rotatable bonds is 3. The second-order valence-corrected chi connectivity index (χ2v) is 6.15. The molecule has 0 aliphatic heterocycles. The van der Waals surface area contributed by atoms with Crippen LogP contribution in [0.4, 0.5) is 0 Å². The lowest BCUT2D eigenvalue weighted by Gasteiger charge is -2.30. The van der Waals surface area contributed by atoms with Gasteiger partial charge < -0.3 is 10.4 Å². The fourth-order valence-electron chi connectivity index (χ4n) is 3.56. The molecule has 2 N–H and O–H groups in total. The molecule has 4 heteroatoms. The van der Waals surface area contributed by atoms with Gasteiger partial charge in [-0.05, 0) is 43.2 Å². The zero-order valence-electron chi connectivity index (χ0n) is 12.5. The number of carboxylic acids is 1. The predicted octanol–water partition coefficient (Wildman–Crippen LogP) is 2.85. The van der Waals surface area contributed by atoms with Crippen molar-refractivity contribution in [2.45, 2.75) is 38.1 Å². The first-order valence-corrected chi connectivity index (χ1v) is 7.93. The van der Waals surface area contributed by atoms with Gasteiger partial charge in [-0.2, -0.15) is 0 Å². The maximum Gasteiger partial charge on any atom is 0.307 e. The molecule has 2 aliphatic carbocycles. The number of amides is 1. The van der Waals surface area contributed by atoms with E-state index in [1.807, 2.05) is 24.3 Å². The highest BCUT2D eigenvalue weighted by molar-refractivity contribution is 5.85. The Balaban J connectivity index is 1.75. The monoisotopic (exact) mass is 299 g/mol. The first-order chi connectivity index (χ1) is 10.7. The highest BCUT2D eigenvalue weighted by Crippen LogP contribution is 2.31. The fourth-order valence-corrected chi connectivity index (χ4v) is 3.56. The summed E-state index contributed by atoms with van der Waals surface area (Å²) < 4.78 is 0. The van der Waals surface area contributed by atoms with E-state index < -0.39 is 17.8 Å². The molecule has 0 bridgehead atoms. The van der Waals surface area contributed by atoms with Gasteiger partial charge in [-0.3, -0.25) is 9.59 Å². The highest BCUT2D eigenvalue weighted by atomic mass is 16.4. The number of carbonyl (C=O) groups is 2. The minimum atomic E-state index is -0.881. The van der Waals surface area contributed by atoms with Crippen molar-refractivity contribution in [2.24, 2.45) is 11.8 Å². The third kappa shape index (κ3) is 2.91. The third-order valence-corrected chi connectivity index (χ3v) is 4.77. The van der Waals surface area contributed by atoms with Crippen molar-refractivity contribution in [1.29, 1.82) is 0 Å². The molecule has 0 saturated heterocycles. The number of nitrogens with one attached hydrogen (secondary N) is 1. The zero-order chi connectivity index (χ0) is 15.5. The molecular weight excluding hydrogens is 278 g/mol. The number of allylic oxidation sites excluding steroid dienone is 2. The van der Waals surface area contributed by atoms with Gasteiger partial charge >= 0.3 is 5.97 Å². The van der Waals surface area contributed by atoms with E-state index in [9.17, 15) is 14.7 Å². The van der Waals surface area contributed by atoms with Crippen LogP contribution in [0.25, 0.3) is 0 Å². The minimum Gasteiger partial charge on any atom is -0.481 e. The quantitative estimate of drug-likeness (QED) is 0.843. The molecule has 1 aromatic carbocycles. The second-order valence-electron chi connectivity index (χ2n) is 6.15. The fraction of sp³-hybridized carbons (Fsp3) is 0.444. The van der Waals surface area contributed by atoms with Crippen molar-refractivity contribution in [3.63, 3.8) is 0 Å². The molecule has 3 rings (SSSR count). The summed E-state index contributed by atoms with van der Waals surface area (Å²) >= 11 is 0. The number of hydrogen-bond donors (Lipinski definition) is 2. The van der Waals surface area contributed by atoms with Gasteiger partial charge in [-0.15, -0.1) is 0 Å². The normalized spacial score (nSPS) is 27.0. The van der Waals surface area contributed by atoms with Gasteiger partial charge in [0, 0.05) is 0 Å². The van der Waals surface area contributed by atoms with Crippen molar-refractivity contribution in [3.05, 3.63) is 47.5 Å². The van der Waals surface area contributed by atoms with Gasteiger partial charge in [0.1, 0.15) is 0 Å². The average Bonchev–Trinajstić information content (AvgIpc) is 2.55. The van der Waals surface area contributed by atoms with Gasteiger partial charge in [-0.25, -0.2) is 0 Å². The lowest BCUT2D eigenvalue weighted by Crippen LogP contribution is -2.41. The summed E-state index contributed by atoms with van der Waals surface area (Å²) in [6.45, 7) is 0. The standard InChI is InChI=1S/C18H21NO3/c20-17(14-9-3-4-10-15(14)18(21)22)19-16-11-5-7-12-6-1-2-8-13(12)16/h1-4,6,8,14-16H,5,7,9-11H2,(H,19,20)(H,21,22)/t14-,15+,16+/m1/s1. The molecule has 0 fully saturated rings. The summed E-state index contributed by atoms with van der Waals surface area (Å²) in [6, 6.07) is 8.20. The molecule has 0 saturated carbocycles. The summed E-state index contributed by atoms with van der Waals surface area (Å²) in [7, 11) is 0. The number of hydrogen-bond acceptors (Lipinski definition) is 2. The Morgan fingerprint density at radius 3 is 2.59 bits per heavy atom. The van der Waals surface area contributed by atoms with E-state index in [1.165, 1.54) is 11.1 Å². The number of benzene rings is 1. The summed E-state index contributed by atoms with van der Waals surface area (Å²) in [5.41, 5.74) is 2.47. The molecule has 0 radical (unpaired) electrons. The van der Waals surface area contributed by atoms with Crippen molar-refractivity contribution in [2.75, 3.05) is 0 Å². The molecule has 0 heterocycles. The van der Waals surface area contributed by atoms with Crippen molar-refractivity contribution in [3.8, 4) is 0 Å². The Morgan fingerprint density at radius 2 is 1.82 bits per heavy atom. The first-order valence-electron chi connectivity index (χ1n) is 7.93. The van der Waals surface area contributed by atoms with Crippen molar-refractivity contribution in [1.82, 2.24) is 5.32 Å². The Hall–Kier alpha value is -2.10. The molecular formula is C18H21NO3. The van der Waals surface area contributed by atoms with Crippen molar-refractivity contribution >= 4 is 11.9 Å². The van der Waals surface area contributed by atoms with Crippen LogP contribution in [0.2, 0.25) is 0 Å². The van der Waals surface area contributed by atoms with E-state index in [0.717, 1.165) is 19.3 Å². The first kappa shape index (κ1) is 14.8. The van der Waals surface area contributed by atoms with E-state index in [2.05, 4.69) is 17.4 Å². The van der Waals surface area contributed by atoms with Crippen LogP contribution in [0.15, 0.2) is 36.4 Å². The van der Waals surface area contributed by atoms with Gasteiger partial charge in [-0.1, -0.05) is 36.4 Å². The van der Waals surface area contributed by atoms with Gasteiger partial charge in [0.05, 0.1) is 17.9 Å². The lowest BCUT2D eigenvalue weighted by molar-refractivity contribution is -0.147. The second kappa shape index (κ2) is 6.34. The van der Waals surface area contributed by atoms with Crippen LogP contribution >= 0.6 is 0 Å². The molecule has 1 amide bonds. The van der Waals surface area contributed by atoms with Crippen LogP contribution < -0.4 is 5.32 Å². The van der Waals surface area contributed by atoms with Crippen LogP contribution in [0.1, 0.15) is 42.9 Å². The van der Waals surface area contributed by atoms with Crippen LogP contribution in [-0.4, -0.2) is 17.0 Å². The topological polar surface area (TPSA) is 66.4 Å². The molecule has 0 spiro atoms. The van der Waals surface area contributed by atoms with E-state index in [4.69, 9.17) is 0 Å². The molecule has 0 unspecified atom stereocenters. The zero-order valence-corrected chi connectivity index (χ0v) is 12.5. The van der Waals surface area contributed by atoms with E-state index in [0.29, 0.717) is 12.8 Å². The van der Waals surface area contributed by atoms with Crippen LogP contribution in [0.3, 0.4) is 0 Å². The number of carbonyl (C=O) groups excluding carboxylic acids is 1. The van der Waals surface area contributed by atoms with Gasteiger partial charge in [0.15, 0.2) is 0 Å². The number of carboxylic acid groups (broad SMARTS) is 1. The molecule has 116 valence electrons.